The Kier molecular flexibility index (Phi) is 7.48. The zero-order valence-corrected chi connectivity index (χ0v) is 18.2. The summed E-state index contributed by atoms with van der Waals surface area (Å²) in [6.45, 7) is 9.51. The number of halogens is 2. The first-order chi connectivity index (χ1) is 13.5. The molecule has 1 aromatic heterocycles. The van der Waals surface area contributed by atoms with Crippen molar-refractivity contribution in [2.75, 3.05) is 13.7 Å². The fourth-order valence-corrected chi connectivity index (χ4v) is 2.71. The van der Waals surface area contributed by atoms with E-state index in [1.807, 2.05) is 34.6 Å². The van der Waals surface area contributed by atoms with Crippen LogP contribution in [-0.2, 0) is 9.47 Å². The molecule has 0 aromatic carbocycles. The van der Waals surface area contributed by atoms with Crippen LogP contribution in [0, 0.1) is 5.82 Å². The van der Waals surface area contributed by atoms with Gasteiger partial charge in [0.25, 0.3) is 0 Å². The Labute approximate surface area is 175 Å². The highest BCUT2D eigenvalue weighted by Crippen LogP contribution is 2.22. The van der Waals surface area contributed by atoms with Crippen LogP contribution in [0.5, 0.6) is 0 Å². The van der Waals surface area contributed by atoms with Gasteiger partial charge < -0.3 is 14.4 Å². The lowest BCUT2D eigenvalue weighted by Crippen LogP contribution is -2.43. The maximum absolute atomic E-state index is 13.9. The van der Waals surface area contributed by atoms with E-state index in [1.54, 1.807) is 30.2 Å². The molecule has 0 bridgehead atoms. The van der Waals surface area contributed by atoms with Crippen LogP contribution in [0.2, 0.25) is 5.28 Å². The molecule has 0 N–H and O–H groups in total. The summed E-state index contributed by atoms with van der Waals surface area (Å²) in [5.74, 6) is -0.847. The number of ether oxygens (including phenoxy) is 2. The molecular formula is C20H26ClFN4O3. The van der Waals surface area contributed by atoms with Crippen LogP contribution in [0.4, 0.5) is 15.0 Å². The third kappa shape index (κ3) is 6.61. The lowest BCUT2D eigenvalue weighted by molar-refractivity contribution is 0.0199. The first kappa shape index (κ1) is 23.0. The fraction of sp³-hybridized carbons (Fsp3) is 0.500. The van der Waals surface area contributed by atoms with Crippen molar-refractivity contribution in [3.63, 3.8) is 0 Å². The van der Waals surface area contributed by atoms with Gasteiger partial charge in [-0.1, -0.05) is 0 Å². The van der Waals surface area contributed by atoms with Gasteiger partial charge in [0.1, 0.15) is 5.60 Å². The summed E-state index contributed by atoms with van der Waals surface area (Å²) in [6.07, 6.45) is 5.40. The van der Waals surface area contributed by atoms with Crippen LogP contribution >= 0.6 is 11.6 Å². The molecule has 0 saturated carbocycles. The Morgan fingerprint density at radius 1 is 1.41 bits per heavy atom. The van der Waals surface area contributed by atoms with Crippen molar-refractivity contribution in [1.82, 2.24) is 14.9 Å². The topological polar surface area (TPSA) is 76.9 Å². The molecule has 1 aliphatic carbocycles. The minimum absolute atomic E-state index is 0.0968. The Morgan fingerprint density at radius 3 is 2.69 bits per heavy atom. The molecule has 2 rings (SSSR count). The molecule has 0 radical (unpaired) electrons. The third-order valence-electron chi connectivity index (χ3n) is 3.93. The maximum atomic E-state index is 13.9. The SMILES string of the molecule is COC1C=CC(=Nc2nc(Cl)ncc2F)C=C1CN(C(=O)OC(C)(C)C)C(C)C. The number of aromatic nitrogens is 2. The van der Waals surface area contributed by atoms with E-state index >= 15 is 0 Å². The Balaban J connectivity index is 2.33. The summed E-state index contributed by atoms with van der Waals surface area (Å²) < 4.78 is 24.9. The highest BCUT2D eigenvalue weighted by molar-refractivity contribution is 6.28. The van der Waals surface area contributed by atoms with Gasteiger partial charge in [-0.05, 0) is 70.0 Å². The molecule has 158 valence electrons. The van der Waals surface area contributed by atoms with Gasteiger partial charge in [0.05, 0.1) is 18.0 Å². The van der Waals surface area contributed by atoms with Crippen molar-refractivity contribution in [2.24, 2.45) is 4.99 Å². The van der Waals surface area contributed by atoms with E-state index in [9.17, 15) is 9.18 Å². The number of amides is 1. The van der Waals surface area contributed by atoms with Gasteiger partial charge in [-0.15, -0.1) is 0 Å². The maximum Gasteiger partial charge on any atom is 0.410 e. The lowest BCUT2D eigenvalue weighted by atomic mass is 10.0. The molecule has 1 atom stereocenters. The zero-order chi connectivity index (χ0) is 21.8. The number of carbonyl (C=O) groups is 1. The molecule has 0 aliphatic heterocycles. The molecule has 1 amide bonds. The Bertz CT molecular complexity index is 847. The van der Waals surface area contributed by atoms with Gasteiger partial charge in [0.15, 0.2) is 11.6 Å². The predicted octanol–water partition coefficient (Wildman–Crippen LogP) is 4.50. The smallest absolute Gasteiger partial charge is 0.410 e. The molecule has 0 fully saturated rings. The van der Waals surface area contributed by atoms with Gasteiger partial charge >= 0.3 is 6.09 Å². The van der Waals surface area contributed by atoms with Gasteiger partial charge in [0, 0.05) is 19.7 Å². The summed E-state index contributed by atoms with van der Waals surface area (Å²) in [6, 6.07) is -0.104. The van der Waals surface area contributed by atoms with Crippen LogP contribution in [0.15, 0.2) is 35.0 Å². The monoisotopic (exact) mass is 424 g/mol. The number of rotatable bonds is 5. The average molecular weight is 425 g/mol. The van der Waals surface area contributed by atoms with E-state index in [2.05, 4.69) is 15.0 Å². The van der Waals surface area contributed by atoms with Crippen molar-refractivity contribution in [2.45, 2.75) is 52.4 Å². The molecule has 1 aromatic rings. The number of carbonyl (C=O) groups excluding carboxylic acids is 1. The summed E-state index contributed by atoms with van der Waals surface area (Å²) in [7, 11) is 1.57. The summed E-state index contributed by atoms with van der Waals surface area (Å²) in [5, 5.41) is -0.0968. The molecule has 1 unspecified atom stereocenters. The second kappa shape index (κ2) is 9.45. The number of methoxy groups -OCH3 is 1. The highest BCUT2D eigenvalue weighted by atomic mass is 35.5. The second-order valence-corrected chi connectivity index (χ2v) is 8.12. The highest BCUT2D eigenvalue weighted by Gasteiger charge is 2.27. The molecule has 1 aliphatic rings. The van der Waals surface area contributed by atoms with Gasteiger partial charge in [-0.2, -0.15) is 4.98 Å². The van der Waals surface area contributed by atoms with E-state index in [-0.39, 0.29) is 29.8 Å². The fourth-order valence-electron chi connectivity index (χ4n) is 2.58. The lowest BCUT2D eigenvalue weighted by Gasteiger charge is -2.32. The Morgan fingerprint density at radius 2 is 2.10 bits per heavy atom. The molecule has 0 spiro atoms. The Hall–Kier alpha value is -2.32. The normalized spacial score (nSPS) is 18.2. The molecule has 9 heteroatoms. The van der Waals surface area contributed by atoms with Crippen LogP contribution in [0.3, 0.4) is 0 Å². The summed E-state index contributed by atoms with van der Waals surface area (Å²) in [4.78, 5) is 25.8. The van der Waals surface area contributed by atoms with Crippen LogP contribution < -0.4 is 0 Å². The summed E-state index contributed by atoms with van der Waals surface area (Å²) >= 11 is 5.73. The third-order valence-corrected chi connectivity index (χ3v) is 4.11. The predicted molar refractivity (Wildman–Crippen MR) is 110 cm³/mol. The van der Waals surface area contributed by atoms with Crippen molar-refractivity contribution >= 4 is 29.2 Å². The standard InChI is InChI=1S/C20H26ClFN4O3/c1-12(2)26(19(27)29-20(3,4)5)11-13-9-14(7-8-16(13)28-6)24-17-15(22)10-23-18(21)25-17/h7-10,12,16H,11H2,1-6H3. The number of nitrogens with zero attached hydrogens (tertiary/aromatic N) is 4. The molecule has 7 nitrogen and oxygen atoms in total. The number of allylic oxidation sites excluding steroid dienone is 2. The van der Waals surface area contributed by atoms with Crippen LogP contribution in [0.25, 0.3) is 0 Å². The van der Waals surface area contributed by atoms with Crippen LogP contribution in [0.1, 0.15) is 34.6 Å². The van der Waals surface area contributed by atoms with Crippen LogP contribution in [-0.4, -0.2) is 58.1 Å². The minimum Gasteiger partial charge on any atom is -0.444 e. The molecule has 0 saturated heterocycles. The molecule has 29 heavy (non-hydrogen) atoms. The van der Waals surface area contributed by atoms with Gasteiger partial charge in [-0.25, -0.2) is 19.2 Å². The second-order valence-electron chi connectivity index (χ2n) is 7.78. The number of aliphatic imine (C=N–C) groups is 1. The first-order valence-electron chi connectivity index (χ1n) is 9.18. The van der Waals surface area contributed by atoms with Crippen molar-refractivity contribution < 1.29 is 18.7 Å². The number of hydrogen-bond donors (Lipinski definition) is 0. The first-order valence-corrected chi connectivity index (χ1v) is 9.55. The summed E-state index contributed by atoms with van der Waals surface area (Å²) in [5.41, 5.74) is 0.617. The van der Waals surface area contributed by atoms with Crippen molar-refractivity contribution in [3.05, 3.63) is 41.1 Å². The van der Waals surface area contributed by atoms with Gasteiger partial charge in [0.2, 0.25) is 5.28 Å². The van der Waals surface area contributed by atoms with Crippen molar-refractivity contribution in [3.8, 4) is 0 Å². The molecule has 1 heterocycles. The zero-order valence-electron chi connectivity index (χ0n) is 17.4. The van der Waals surface area contributed by atoms with E-state index in [0.717, 1.165) is 11.8 Å². The van der Waals surface area contributed by atoms with Crippen molar-refractivity contribution in [1.29, 1.82) is 0 Å². The van der Waals surface area contributed by atoms with E-state index < -0.39 is 17.5 Å². The molecular weight excluding hydrogens is 399 g/mol. The van der Waals surface area contributed by atoms with E-state index in [1.165, 1.54) is 0 Å². The average Bonchev–Trinajstić information content (AvgIpc) is 2.61. The quantitative estimate of drug-likeness (QED) is 0.650. The van der Waals surface area contributed by atoms with Gasteiger partial charge in [-0.3, -0.25) is 0 Å². The number of hydrogen-bond acceptors (Lipinski definition) is 6. The van der Waals surface area contributed by atoms with E-state index in [0.29, 0.717) is 5.71 Å². The minimum atomic E-state index is -0.684. The van der Waals surface area contributed by atoms with E-state index in [4.69, 9.17) is 21.1 Å². The largest absolute Gasteiger partial charge is 0.444 e.